The van der Waals surface area contributed by atoms with Gasteiger partial charge in [0.15, 0.2) is 5.96 Å². The summed E-state index contributed by atoms with van der Waals surface area (Å²) in [6.45, 7) is 5.34. The molecule has 0 amide bonds. The maximum absolute atomic E-state index is 4.09. The summed E-state index contributed by atoms with van der Waals surface area (Å²) in [6, 6.07) is 4.27. The summed E-state index contributed by atoms with van der Waals surface area (Å²) < 4.78 is 0. The Hall–Kier alpha value is -0.300. The Morgan fingerprint density at radius 3 is 2.62 bits per heavy atom. The van der Waals surface area contributed by atoms with Crippen molar-refractivity contribution in [1.29, 1.82) is 0 Å². The smallest absolute Gasteiger partial charge is 0.190 e. The highest BCUT2D eigenvalue weighted by atomic mass is 127. The van der Waals surface area contributed by atoms with Crippen molar-refractivity contribution in [2.45, 2.75) is 19.3 Å². The van der Waals surface area contributed by atoms with Crippen molar-refractivity contribution in [1.82, 2.24) is 10.6 Å². The predicted molar refractivity (Wildman–Crippen MR) is 83.2 cm³/mol. The van der Waals surface area contributed by atoms with Crippen LogP contribution in [0.5, 0.6) is 0 Å². The van der Waals surface area contributed by atoms with Crippen molar-refractivity contribution in [3.05, 3.63) is 22.4 Å². The maximum Gasteiger partial charge on any atom is 0.190 e. The monoisotopic (exact) mass is 353 g/mol. The zero-order valence-electron chi connectivity index (χ0n) is 10.2. The molecule has 0 aliphatic rings. The molecule has 0 fully saturated rings. The highest BCUT2D eigenvalue weighted by Gasteiger charge is 2.21. The van der Waals surface area contributed by atoms with Crippen LogP contribution in [0.3, 0.4) is 0 Å². The molecule has 5 heteroatoms. The van der Waals surface area contributed by atoms with Crippen LogP contribution in [-0.4, -0.2) is 26.6 Å². The lowest BCUT2D eigenvalue weighted by molar-refractivity contribution is 0.520. The van der Waals surface area contributed by atoms with Crippen molar-refractivity contribution >= 4 is 41.3 Å². The molecule has 0 saturated carbocycles. The largest absolute Gasteiger partial charge is 0.359 e. The maximum atomic E-state index is 4.09. The molecule has 1 heterocycles. The van der Waals surface area contributed by atoms with Gasteiger partial charge < -0.3 is 10.6 Å². The van der Waals surface area contributed by atoms with E-state index < -0.39 is 0 Å². The van der Waals surface area contributed by atoms with Gasteiger partial charge in [-0.25, -0.2) is 0 Å². The van der Waals surface area contributed by atoms with Gasteiger partial charge in [-0.05, 0) is 11.4 Å². The van der Waals surface area contributed by atoms with Gasteiger partial charge in [0.05, 0.1) is 0 Å². The second kappa shape index (κ2) is 7.11. The first-order valence-electron chi connectivity index (χ1n) is 5.02. The standard InChI is InChI=1S/C11H19N3S.HI/c1-11(2,9-6-5-7-15-9)8-14-10(12-3)13-4;/h5-7H,8H2,1-4H3,(H2,12,13,14);1H. The van der Waals surface area contributed by atoms with E-state index in [0.29, 0.717) is 0 Å². The average Bonchev–Trinajstić information content (AvgIpc) is 2.72. The molecule has 16 heavy (non-hydrogen) atoms. The van der Waals surface area contributed by atoms with Crippen molar-refractivity contribution in [3.8, 4) is 0 Å². The fourth-order valence-corrected chi connectivity index (χ4v) is 2.19. The zero-order valence-corrected chi connectivity index (χ0v) is 13.3. The minimum Gasteiger partial charge on any atom is -0.359 e. The van der Waals surface area contributed by atoms with Gasteiger partial charge in [-0.2, -0.15) is 0 Å². The second-order valence-electron chi connectivity index (χ2n) is 4.04. The van der Waals surface area contributed by atoms with E-state index in [-0.39, 0.29) is 29.4 Å². The molecule has 0 bridgehead atoms. The summed E-state index contributed by atoms with van der Waals surface area (Å²) in [4.78, 5) is 5.48. The van der Waals surface area contributed by atoms with Crippen LogP contribution in [0.2, 0.25) is 0 Å². The molecular weight excluding hydrogens is 333 g/mol. The lowest BCUT2D eigenvalue weighted by Gasteiger charge is -2.24. The molecule has 2 N–H and O–H groups in total. The fraction of sp³-hybridized carbons (Fsp3) is 0.545. The van der Waals surface area contributed by atoms with Gasteiger partial charge in [0, 0.05) is 30.9 Å². The van der Waals surface area contributed by atoms with E-state index in [2.05, 4.69) is 47.0 Å². The van der Waals surface area contributed by atoms with Gasteiger partial charge in [-0.15, -0.1) is 35.3 Å². The first-order valence-corrected chi connectivity index (χ1v) is 5.90. The minimum atomic E-state index is 0. The summed E-state index contributed by atoms with van der Waals surface area (Å²) in [5.74, 6) is 0.833. The van der Waals surface area contributed by atoms with Crippen LogP contribution in [0.15, 0.2) is 22.5 Å². The highest BCUT2D eigenvalue weighted by Crippen LogP contribution is 2.26. The van der Waals surface area contributed by atoms with Gasteiger partial charge in [-0.1, -0.05) is 19.9 Å². The molecule has 0 atom stereocenters. The van der Waals surface area contributed by atoms with Gasteiger partial charge in [-0.3, -0.25) is 4.99 Å². The van der Waals surface area contributed by atoms with Crippen molar-refractivity contribution in [2.24, 2.45) is 4.99 Å². The van der Waals surface area contributed by atoms with Crippen molar-refractivity contribution in [2.75, 3.05) is 20.6 Å². The number of hydrogen-bond acceptors (Lipinski definition) is 2. The Bertz CT molecular complexity index is 320. The van der Waals surface area contributed by atoms with Crippen LogP contribution < -0.4 is 10.6 Å². The fourth-order valence-electron chi connectivity index (χ4n) is 1.33. The van der Waals surface area contributed by atoms with Gasteiger partial charge in [0.25, 0.3) is 0 Å². The summed E-state index contributed by atoms with van der Waals surface area (Å²) in [5.41, 5.74) is 0.140. The number of hydrogen-bond donors (Lipinski definition) is 2. The molecule has 0 aliphatic heterocycles. The number of nitrogens with one attached hydrogen (secondary N) is 2. The summed E-state index contributed by atoms with van der Waals surface area (Å²) in [6.07, 6.45) is 0. The van der Waals surface area contributed by atoms with E-state index in [9.17, 15) is 0 Å². The van der Waals surface area contributed by atoms with Gasteiger partial charge in [0.2, 0.25) is 0 Å². The average molecular weight is 353 g/mol. The van der Waals surface area contributed by atoms with E-state index in [1.165, 1.54) is 4.88 Å². The van der Waals surface area contributed by atoms with Crippen molar-refractivity contribution in [3.63, 3.8) is 0 Å². The molecule has 0 unspecified atom stereocenters. The predicted octanol–water partition coefficient (Wildman–Crippen LogP) is 2.44. The number of thiophene rings is 1. The van der Waals surface area contributed by atoms with Crippen LogP contribution in [0.1, 0.15) is 18.7 Å². The molecule has 0 aromatic carbocycles. The lowest BCUT2D eigenvalue weighted by atomic mass is 9.91. The molecule has 1 aromatic heterocycles. The molecule has 0 spiro atoms. The van der Waals surface area contributed by atoms with Crippen molar-refractivity contribution < 1.29 is 0 Å². The molecule has 0 aliphatic carbocycles. The van der Waals surface area contributed by atoms with E-state index in [4.69, 9.17) is 0 Å². The number of guanidine groups is 1. The van der Waals surface area contributed by atoms with Crippen LogP contribution >= 0.6 is 35.3 Å². The summed E-state index contributed by atoms with van der Waals surface area (Å²) in [5, 5.41) is 8.42. The third-order valence-corrected chi connectivity index (χ3v) is 3.58. The molecule has 0 radical (unpaired) electrons. The SMILES string of the molecule is CN=C(NC)NCC(C)(C)c1cccs1.I. The third-order valence-electron chi connectivity index (χ3n) is 2.35. The highest BCUT2D eigenvalue weighted by molar-refractivity contribution is 14.0. The Labute approximate surface area is 119 Å². The first-order chi connectivity index (χ1) is 7.10. The lowest BCUT2D eigenvalue weighted by Crippen LogP contribution is -2.41. The number of rotatable bonds is 3. The van der Waals surface area contributed by atoms with Gasteiger partial charge in [0.1, 0.15) is 0 Å². The molecule has 0 saturated heterocycles. The number of aliphatic imine (C=N–C) groups is 1. The zero-order chi connectivity index (χ0) is 11.3. The Morgan fingerprint density at radius 2 is 2.19 bits per heavy atom. The van der Waals surface area contributed by atoms with Crippen LogP contribution in [0, 0.1) is 0 Å². The van der Waals surface area contributed by atoms with E-state index >= 15 is 0 Å². The Balaban J connectivity index is 0.00000225. The Morgan fingerprint density at radius 1 is 1.50 bits per heavy atom. The van der Waals surface area contributed by atoms with E-state index in [1.807, 2.05) is 7.05 Å². The first kappa shape index (κ1) is 15.7. The molecule has 1 aromatic rings. The van der Waals surface area contributed by atoms with Gasteiger partial charge >= 0.3 is 0 Å². The molecule has 3 nitrogen and oxygen atoms in total. The molecular formula is C11H20IN3S. The van der Waals surface area contributed by atoms with Crippen LogP contribution in [-0.2, 0) is 5.41 Å². The topological polar surface area (TPSA) is 36.4 Å². The van der Waals surface area contributed by atoms with E-state index in [0.717, 1.165) is 12.5 Å². The normalized spacial score (nSPS) is 11.9. The quantitative estimate of drug-likeness (QED) is 0.498. The number of halogens is 1. The molecule has 92 valence electrons. The Kier molecular flexibility index (Phi) is 6.98. The number of nitrogens with zero attached hydrogens (tertiary/aromatic N) is 1. The molecule has 1 rings (SSSR count). The second-order valence-corrected chi connectivity index (χ2v) is 4.98. The minimum absolute atomic E-state index is 0. The van der Waals surface area contributed by atoms with E-state index in [1.54, 1.807) is 18.4 Å². The van der Waals surface area contributed by atoms with Crippen LogP contribution in [0.25, 0.3) is 0 Å². The summed E-state index contributed by atoms with van der Waals surface area (Å²) in [7, 11) is 3.64. The third kappa shape index (κ3) is 4.29. The van der Waals surface area contributed by atoms with Crippen LogP contribution in [0.4, 0.5) is 0 Å². The summed E-state index contributed by atoms with van der Waals surface area (Å²) >= 11 is 1.80.